The highest BCUT2D eigenvalue weighted by atomic mass is 127. The van der Waals surface area contributed by atoms with Gasteiger partial charge in [0, 0.05) is 16.3 Å². The number of aryl methyl sites for hydroxylation is 1. The zero-order valence-corrected chi connectivity index (χ0v) is 16.8. The van der Waals surface area contributed by atoms with Gasteiger partial charge in [0.15, 0.2) is 5.76 Å². The summed E-state index contributed by atoms with van der Waals surface area (Å²) in [5, 5.41) is 7.15. The summed E-state index contributed by atoms with van der Waals surface area (Å²) in [6.07, 6.45) is 1.73. The van der Waals surface area contributed by atoms with Gasteiger partial charge in [-0.15, -0.1) is 0 Å². The van der Waals surface area contributed by atoms with Crippen LogP contribution in [0.5, 0.6) is 5.75 Å². The fraction of sp³-hybridized carbons (Fsp3) is 0.263. The third-order valence-corrected chi connectivity index (χ3v) is 4.64. The van der Waals surface area contributed by atoms with E-state index in [1.807, 2.05) is 48.9 Å². The van der Waals surface area contributed by atoms with Gasteiger partial charge in [0.2, 0.25) is 0 Å². The predicted octanol–water partition coefficient (Wildman–Crippen LogP) is 4.17. The van der Waals surface area contributed by atoms with Gasteiger partial charge in [-0.05, 0) is 78.9 Å². The second-order valence-electron chi connectivity index (χ2n) is 5.78. The van der Waals surface area contributed by atoms with Crippen LogP contribution in [0.4, 0.5) is 0 Å². The minimum absolute atomic E-state index is 0.165. The molecule has 0 radical (unpaired) electrons. The number of amides is 1. The maximum Gasteiger partial charge on any atom is 0.287 e. The second-order valence-corrected chi connectivity index (χ2v) is 7.02. The first kappa shape index (κ1) is 18.5. The van der Waals surface area contributed by atoms with Crippen LogP contribution in [0.25, 0.3) is 0 Å². The molecule has 1 amide bonds. The van der Waals surface area contributed by atoms with Crippen LogP contribution in [0.1, 0.15) is 41.9 Å². The maximum absolute atomic E-state index is 12.4. The number of rotatable bonds is 7. The molecule has 0 saturated heterocycles. The summed E-state index contributed by atoms with van der Waals surface area (Å²) in [5.74, 6) is 1.36. The van der Waals surface area contributed by atoms with Crippen molar-refractivity contribution in [2.24, 2.45) is 0 Å². The molecule has 26 heavy (non-hydrogen) atoms. The number of nitrogens with one attached hydrogen (secondary N) is 1. The zero-order valence-electron chi connectivity index (χ0n) is 14.6. The molecule has 1 N–H and O–H groups in total. The average molecular weight is 465 g/mol. The van der Waals surface area contributed by atoms with Gasteiger partial charge in [0.05, 0.1) is 11.7 Å². The molecule has 0 bridgehead atoms. The molecule has 0 aliphatic rings. The Balaban J connectivity index is 1.58. The first-order chi connectivity index (χ1) is 12.6. The third kappa shape index (κ3) is 4.46. The fourth-order valence-electron chi connectivity index (χ4n) is 2.58. The lowest BCUT2D eigenvalue weighted by molar-refractivity contribution is 0.0906. The van der Waals surface area contributed by atoms with Crippen molar-refractivity contribution in [3.05, 3.63) is 69.4 Å². The van der Waals surface area contributed by atoms with E-state index < -0.39 is 0 Å². The molecule has 0 fully saturated rings. The number of carbonyl (C=O) groups is 1. The molecule has 3 aromatic rings. The average Bonchev–Trinajstić information content (AvgIpc) is 3.30. The van der Waals surface area contributed by atoms with Gasteiger partial charge in [-0.1, -0.05) is 0 Å². The van der Waals surface area contributed by atoms with Crippen LogP contribution < -0.4 is 10.1 Å². The largest absolute Gasteiger partial charge is 0.486 e. The van der Waals surface area contributed by atoms with Gasteiger partial charge < -0.3 is 14.5 Å². The number of halogens is 1. The van der Waals surface area contributed by atoms with Crippen LogP contribution in [0, 0.1) is 3.57 Å². The maximum atomic E-state index is 12.4. The van der Waals surface area contributed by atoms with E-state index in [1.165, 1.54) is 0 Å². The van der Waals surface area contributed by atoms with Crippen molar-refractivity contribution in [2.75, 3.05) is 0 Å². The minimum atomic E-state index is -0.262. The molecular formula is C19H20IN3O3. The fourth-order valence-corrected chi connectivity index (χ4v) is 2.94. The lowest BCUT2D eigenvalue weighted by Crippen LogP contribution is -2.28. The molecule has 7 heteroatoms. The number of ether oxygens (including phenoxy) is 1. The van der Waals surface area contributed by atoms with Gasteiger partial charge >= 0.3 is 0 Å². The Morgan fingerprint density at radius 2 is 2.04 bits per heavy atom. The number of hydrogen-bond acceptors (Lipinski definition) is 4. The van der Waals surface area contributed by atoms with Crippen LogP contribution in [-0.2, 0) is 13.2 Å². The summed E-state index contributed by atoms with van der Waals surface area (Å²) >= 11 is 2.24. The van der Waals surface area contributed by atoms with Crippen LogP contribution in [0.3, 0.4) is 0 Å². The Kier molecular flexibility index (Phi) is 5.97. The van der Waals surface area contributed by atoms with E-state index in [0.29, 0.717) is 5.76 Å². The van der Waals surface area contributed by atoms with E-state index in [0.717, 1.165) is 21.6 Å². The Bertz CT molecular complexity index is 870. The molecule has 1 aromatic carbocycles. The molecule has 0 aliphatic carbocycles. The van der Waals surface area contributed by atoms with Crippen molar-refractivity contribution in [2.45, 2.75) is 33.0 Å². The van der Waals surface area contributed by atoms with E-state index in [1.54, 1.807) is 18.3 Å². The van der Waals surface area contributed by atoms with E-state index in [4.69, 9.17) is 9.15 Å². The molecule has 136 valence electrons. The Labute approximate surface area is 165 Å². The lowest BCUT2D eigenvalue weighted by atomic mass is 10.2. The summed E-state index contributed by atoms with van der Waals surface area (Å²) in [5.41, 5.74) is 0.953. The molecule has 2 heterocycles. The van der Waals surface area contributed by atoms with E-state index in [9.17, 15) is 4.79 Å². The van der Waals surface area contributed by atoms with E-state index in [2.05, 4.69) is 33.0 Å². The van der Waals surface area contributed by atoms with Gasteiger partial charge in [-0.25, -0.2) is 0 Å². The van der Waals surface area contributed by atoms with Crippen molar-refractivity contribution >= 4 is 28.5 Å². The molecule has 0 aliphatic heterocycles. The number of aromatic nitrogens is 2. The lowest BCUT2D eigenvalue weighted by Gasteiger charge is -2.14. The van der Waals surface area contributed by atoms with Crippen molar-refractivity contribution in [1.82, 2.24) is 15.1 Å². The van der Waals surface area contributed by atoms with Crippen LogP contribution >= 0.6 is 22.6 Å². The molecule has 1 unspecified atom stereocenters. The van der Waals surface area contributed by atoms with E-state index >= 15 is 0 Å². The number of hydrogen-bond donors (Lipinski definition) is 1. The number of benzene rings is 1. The normalized spacial score (nSPS) is 12.0. The SMILES string of the molecule is CCn1nccc1C(C)NC(=O)c1ccc(COc2ccc(I)cc2)o1. The Morgan fingerprint density at radius 3 is 2.77 bits per heavy atom. The van der Waals surface area contributed by atoms with Gasteiger partial charge in [-0.2, -0.15) is 5.10 Å². The van der Waals surface area contributed by atoms with E-state index in [-0.39, 0.29) is 24.3 Å². The molecule has 6 nitrogen and oxygen atoms in total. The molecular weight excluding hydrogens is 445 g/mol. The third-order valence-electron chi connectivity index (χ3n) is 3.92. The first-order valence-corrected chi connectivity index (χ1v) is 9.44. The first-order valence-electron chi connectivity index (χ1n) is 8.36. The summed E-state index contributed by atoms with van der Waals surface area (Å²) in [7, 11) is 0. The van der Waals surface area contributed by atoms with Crippen molar-refractivity contribution in [3.8, 4) is 5.75 Å². The molecule has 0 spiro atoms. The Morgan fingerprint density at radius 1 is 1.27 bits per heavy atom. The minimum Gasteiger partial charge on any atom is -0.486 e. The molecule has 3 rings (SSSR count). The van der Waals surface area contributed by atoms with Crippen molar-refractivity contribution in [3.63, 3.8) is 0 Å². The zero-order chi connectivity index (χ0) is 18.5. The summed E-state index contributed by atoms with van der Waals surface area (Å²) in [6.45, 7) is 4.96. The topological polar surface area (TPSA) is 69.3 Å². The standard InChI is InChI=1S/C19H20IN3O3/c1-3-23-17(10-11-21-23)13(2)22-19(24)18-9-8-16(26-18)12-25-15-6-4-14(20)5-7-15/h4-11,13H,3,12H2,1-2H3,(H,22,24). The van der Waals surface area contributed by atoms with Crippen LogP contribution in [-0.4, -0.2) is 15.7 Å². The van der Waals surface area contributed by atoms with Crippen LogP contribution in [0.15, 0.2) is 53.1 Å². The highest BCUT2D eigenvalue weighted by Crippen LogP contribution is 2.17. The summed E-state index contributed by atoms with van der Waals surface area (Å²) in [4.78, 5) is 12.4. The van der Waals surface area contributed by atoms with Crippen LogP contribution in [0.2, 0.25) is 0 Å². The Hall–Kier alpha value is -2.29. The predicted molar refractivity (Wildman–Crippen MR) is 106 cm³/mol. The number of furan rings is 1. The highest BCUT2D eigenvalue weighted by molar-refractivity contribution is 14.1. The molecule has 2 aromatic heterocycles. The second kappa shape index (κ2) is 8.39. The monoisotopic (exact) mass is 465 g/mol. The number of nitrogens with zero attached hydrogens (tertiary/aromatic N) is 2. The van der Waals surface area contributed by atoms with Gasteiger partial charge in [-0.3, -0.25) is 9.48 Å². The molecule has 0 saturated carbocycles. The smallest absolute Gasteiger partial charge is 0.287 e. The quantitative estimate of drug-likeness (QED) is 0.532. The van der Waals surface area contributed by atoms with Crippen molar-refractivity contribution < 1.29 is 13.9 Å². The summed E-state index contributed by atoms with van der Waals surface area (Å²) in [6, 6.07) is 12.9. The van der Waals surface area contributed by atoms with Gasteiger partial charge in [0.1, 0.15) is 18.1 Å². The number of carbonyl (C=O) groups excluding carboxylic acids is 1. The highest BCUT2D eigenvalue weighted by Gasteiger charge is 2.17. The van der Waals surface area contributed by atoms with Gasteiger partial charge in [0.25, 0.3) is 5.91 Å². The van der Waals surface area contributed by atoms with Crippen molar-refractivity contribution in [1.29, 1.82) is 0 Å². The summed E-state index contributed by atoms with van der Waals surface area (Å²) < 4.78 is 14.3. The molecule has 1 atom stereocenters.